The Balaban J connectivity index is 0.000000167. The van der Waals surface area contributed by atoms with E-state index in [1.54, 1.807) is 78.0 Å². The van der Waals surface area contributed by atoms with Crippen LogP contribution in [0.15, 0.2) is 110 Å². The Morgan fingerprint density at radius 3 is 0.787 bits per heavy atom. The number of hydrogen-bond donors (Lipinski definition) is 9. The minimum absolute atomic E-state index is 0.0384. The fraction of sp³-hybridized carbons (Fsp3) is 0.347. The minimum atomic E-state index is -0.935. The molecule has 16 rings (SSSR count). The van der Waals surface area contributed by atoms with Crippen molar-refractivity contribution < 1.29 is 93.9 Å². The molecule has 37 nitrogen and oxygen atoms in total. The number of anilines is 8. The molecular formula is C101H109Cl4F8N25O12. The Hall–Kier alpha value is -15.4. The number of phenolic OH excluding ortho intramolecular Hbond substituents is 4. The van der Waals surface area contributed by atoms with Gasteiger partial charge in [-0.15, -0.1) is 0 Å². The number of halogens is 12. The number of carbonyl (C=O) groups is 8. The van der Waals surface area contributed by atoms with Gasteiger partial charge < -0.3 is 106 Å². The van der Waals surface area contributed by atoms with Crippen LogP contribution in [0.25, 0.3) is 88.1 Å². The molecule has 0 unspecified atom stereocenters. The molecule has 150 heavy (non-hydrogen) atoms. The maximum atomic E-state index is 16.1. The first-order chi connectivity index (χ1) is 71.4. The summed E-state index contributed by atoms with van der Waals surface area (Å²) in [6, 6.07) is 19.8. The summed E-state index contributed by atoms with van der Waals surface area (Å²) in [4.78, 5) is 151. The Bertz CT molecular complexity index is 6900. The Morgan fingerprint density at radius 1 is 0.353 bits per heavy atom. The number of rotatable bonds is 26. The molecule has 9 amide bonds. The molecule has 4 aromatic heterocycles. The lowest BCUT2D eigenvalue weighted by Gasteiger charge is -2.36. The average Bonchev–Trinajstić information content (AvgIpc) is 0.757. The van der Waals surface area contributed by atoms with Crippen molar-refractivity contribution in [2.45, 2.75) is 46.0 Å². The van der Waals surface area contributed by atoms with E-state index in [1.165, 1.54) is 110 Å². The molecular weight excluding hydrogens is 2050 g/mol. The van der Waals surface area contributed by atoms with Gasteiger partial charge in [-0.25, -0.2) is 59.9 Å². The second-order valence-electron chi connectivity index (χ2n) is 35.7. The summed E-state index contributed by atoms with van der Waals surface area (Å²) in [7, 11) is 13.1. The van der Waals surface area contributed by atoms with Gasteiger partial charge in [-0.3, -0.25) is 33.6 Å². The van der Waals surface area contributed by atoms with Crippen molar-refractivity contribution in [3.8, 4) is 67.5 Å². The van der Waals surface area contributed by atoms with E-state index < -0.39 is 75.6 Å². The topological polar surface area (TPSA) is 434 Å². The molecule has 49 heteroatoms. The number of nitrogens with zero attached hydrogens (tertiary/aromatic N) is 20. The van der Waals surface area contributed by atoms with Crippen LogP contribution in [0.5, 0.6) is 23.0 Å². The molecule has 4 fully saturated rings. The first-order valence-electron chi connectivity index (χ1n) is 47.4. The van der Waals surface area contributed by atoms with Crippen LogP contribution in [-0.2, 0) is 33.6 Å². The first-order valence-corrected chi connectivity index (χ1v) is 48.9. The van der Waals surface area contributed by atoms with Crippen molar-refractivity contribution in [2.24, 2.45) is 5.73 Å². The summed E-state index contributed by atoms with van der Waals surface area (Å²) in [6.07, 6.45) is 2.30. The summed E-state index contributed by atoms with van der Waals surface area (Å²) in [5, 5.41) is 53.6. The third-order valence-electron chi connectivity index (χ3n) is 25.1. The lowest BCUT2D eigenvalue weighted by molar-refractivity contribution is -0.131. The van der Waals surface area contributed by atoms with Gasteiger partial charge in [0.15, 0.2) is 23.3 Å². The van der Waals surface area contributed by atoms with E-state index in [-0.39, 0.29) is 214 Å². The molecule has 0 spiro atoms. The van der Waals surface area contributed by atoms with Crippen molar-refractivity contribution in [2.75, 3.05) is 228 Å². The molecule has 4 saturated heterocycles. The van der Waals surface area contributed by atoms with Crippen molar-refractivity contribution in [1.82, 2.24) is 79.1 Å². The fourth-order valence-corrected chi connectivity index (χ4v) is 18.2. The number of aromatic nitrogens is 8. The maximum Gasteiger partial charge on any atom is 0.314 e. The number of piperazine rings is 4. The van der Waals surface area contributed by atoms with Crippen molar-refractivity contribution >= 4 is 184 Å². The number of nitrogens with two attached hydrogens (primary N) is 1. The number of primary amides is 1. The highest BCUT2D eigenvalue weighted by Crippen LogP contribution is 2.49. The van der Waals surface area contributed by atoms with Gasteiger partial charge in [-0.05, 0) is 78.9 Å². The van der Waals surface area contributed by atoms with Crippen LogP contribution in [0, 0.1) is 46.5 Å². The maximum absolute atomic E-state index is 16.1. The van der Waals surface area contributed by atoms with E-state index in [0.29, 0.717) is 145 Å². The molecule has 8 heterocycles. The Morgan fingerprint density at radius 2 is 0.580 bits per heavy atom. The minimum Gasteiger partial charge on any atom is -0.507 e. The van der Waals surface area contributed by atoms with Gasteiger partial charge in [0.2, 0.25) is 65.1 Å². The first kappa shape index (κ1) is 112. The zero-order valence-corrected chi connectivity index (χ0v) is 86.3. The Labute approximate surface area is 876 Å². The Kier molecular flexibility index (Phi) is 36.7. The van der Waals surface area contributed by atoms with Crippen LogP contribution in [0.1, 0.15) is 46.0 Å². The molecule has 4 aliphatic rings. The number of nitrogens with one attached hydrogen (secondary N) is 4. The van der Waals surface area contributed by atoms with Gasteiger partial charge in [0.25, 0.3) is 0 Å². The highest BCUT2D eigenvalue weighted by Gasteiger charge is 2.36. The lowest BCUT2D eigenvalue weighted by atomic mass is 10.0. The molecule has 4 aliphatic heterocycles. The highest BCUT2D eigenvalue weighted by atomic mass is 35.5. The van der Waals surface area contributed by atoms with Gasteiger partial charge in [-0.1, -0.05) is 84.2 Å². The summed E-state index contributed by atoms with van der Waals surface area (Å²) in [6.45, 7) is 14.2. The largest absolute Gasteiger partial charge is 0.507 e. The van der Waals surface area contributed by atoms with Crippen LogP contribution < -0.4 is 46.6 Å². The predicted molar refractivity (Wildman–Crippen MR) is 559 cm³/mol. The van der Waals surface area contributed by atoms with E-state index >= 15 is 17.6 Å². The van der Waals surface area contributed by atoms with Crippen LogP contribution >= 0.6 is 46.4 Å². The zero-order chi connectivity index (χ0) is 109. The molecule has 12 aromatic rings. The lowest BCUT2D eigenvalue weighted by Crippen LogP contribution is -2.50. The fourth-order valence-electron chi connectivity index (χ4n) is 17.0. The third kappa shape index (κ3) is 25.4. The standard InChI is InChI=1S/C26H29ClF2N6O3.C26H27ClF2N6O3.C25H27ClF2N6O3.C24H26ClF2N7O3/c2*1-4-19(37)34-10-12-35(13-11-34)25-15-14-16(27)21(22-17(28)6-5-7-18(22)36)23(29)24(15)31-26(32-25)30-9-8-20(38)33(2)3;1-14(35)33-9-11-34(12-10-33)24-15-13-16(26)20(21-17(27)5-4-6-18(21)36)22(28)23(15)30-25(31-24)29-8-7-19(37)32(2)3;1-32(2)17(36)6-7-29-24-30-21-13(22(31-24)33-8-10-34(11-9-33)23(28)37)12-14(25)18(20(21)27)19-15(26)4-3-5-16(19)35/h5-7,14,36H,4,8-13H2,1-3H3,(H,30,31,32);4-7,14,36H,1,8-13H2,2-3H3,(H,30,31,32);4-6,13,36H,7-12H2,1-3H3,(H,29,30,31);3-5,12,35H,6-11H2,1-2H3,(H2,28,37)(H,29,30,31). The second kappa shape index (κ2) is 49.2. The van der Waals surface area contributed by atoms with Crippen LogP contribution in [0.3, 0.4) is 0 Å². The number of aromatic hydroxyl groups is 4. The van der Waals surface area contributed by atoms with Crippen LogP contribution in [0.2, 0.25) is 20.1 Å². The highest BCUT2D eigenvalue weighted by molar-refractivity contribution is 6.36. The van der Waals surface area contributed by atoms with E-state index in [1.807, 2.05) is 19.6 Å². The van der Waals surface area contributed by atoms with E-state index in [4.69, 9.17) is 52.1 Å². The summed E-state index contributed by atoms with van der Waals surface area (Å²) < 4.78 is 123. The number of carbonyl (C=O) groups excluding carboxylic acids is 8. The van der Waals surface area contributed by atoms with Gasteiger partial charge in [0, 0.05) is 270 Å². The summed E-state index contributed by atoms with van der Waals surface area (Å²) in [5.41, 5.74) is 2.09. The van der Waals surface area contributed by atoms with Gasteiger partial charge >= 0.3 is 6.03 Å². The van der Waals surface area contributed by atoms with Crippen molar-refractivity contribution in [3.05, 3.63) is 176 Å². The average molecular weight is 2160 g/mol. The van der Waals surface area contributed by atoms with Crippen LogP contribution in [0.4, 0.5) is 87.0 Å². The number of phenols is 4. The predicted octanol–water partition coefficient (Wildman–Crippen LogP) is 14.1. The van der Waals surface area contributed by atoms with E-state index in [9.17, 15) is 76.3 Å². The molecule has 0 radical (unpaired) electrons. The van der Waals surface area contributed by atoms with Crippen LogP contribution in [-0.4, -0.2) is 334 Å². The van der Waals surface area contributed by atoms with Crippen molar-refractivity contribution in [1.29, 1.82) is 0 Å². The number of urea groups is 1. The molecule has 0 bridgehead atoms. The molecule has 8 aromatic carbocycles. The zero-order valence-electron chi connectivity index (χ0n) is 83.3. The monoisotopic (exact) mass is 2160 g/mol. The number of amides is 9. The third-order valence-corrected chi connectivity index (χ3v) is 26.3. The quantitative estimate of drug-likeness (QED) is 0.0180. The van der Waals surface area contributed by atoms with Gasteiger partial charge in [0.1, 0.15) is 91.6 Å². The molecule has 794 valence electrons. The second-order valence-corrected chi connectivity index (χ2v) is 37.3. The molecule has 0 aliphatic carbocycles. The smallest absolute Gasteiger partial charge is 0.314 e. The number of benzene rings is 8. The molecule has 10 N–H and O–H groups in total. The van der Waals surface area contributed by atoms with Crippen molar-refractivity contribution in [3.63, 3.8) is 0 Å². The number of fused-ring (bicyclic) bond motifs is 4. The summed E-state index contributed by atoms with van der Waals surface area (Å²) >= 11 is 25.8. The normalized spacial score (nSPS) is 13.6. The van der Waals surface area contributed by atoms with E-state index in [0.717, 1.165) is 24.3 Å². The number of hydrogen-bond acceptors (Lipinski definition) is 28. The van der Waals surface area contributed by atoms with Gasteiger partial charge in [0.05, 0.1) is 42.3 Å². The molecule has 0 saturated carbocycles. The van der Waals surface area contributed by atoms with Gasteiger partial charge in [-0.2, -0.15) is 19.9 Å². The SMILES string of the molecule is C=CC(=O)N1CCN(c2nc(NCCC(=O)N(C)C)nc3c(F)c(-c4c(O)cccc4F)c(Cl)cc23)CC1.CC(=O)N1CCN(c2nc(NCCC(=O)N(C)C)nc3c(F)c(-c4c(O)cccc4F)c(Cl)cc23)CC1.CCC(=O)N1CCN(c2nc(NCCC(=O)N(C)C)nc3c(F)c(-c4c(O)cccc4F)c(Cl)cc23)CC1.CN(C)C(=O)CCNc1nc(N2CCN(C(N)=O)CC2)c2cc(Cl)c(-c3c(O)cccc3F)c(F)c2n1. The summed E-state index contributed by atoms with van der Waals surface area (Å²) in [5.74, 6) is -7.78. The molecule has 0 atom stereocenters. The van der Waals surface area contributed by atoms with E-state index in [2.05, 4.69) is 67.7 Å².